The van der Waals surface area contributed by atoms with Crippen LogP contribution < -0.4 is 0 Å². The average Bonchev–Trinajstić information content (AvgIpc) is 3.23. The van der Waals surface area contributed by atoms with Gasteiger partial charge < -0.3 is 9.67 Å². The van der Waals surface area contributed by atoms with Gasteiger partial charge in [-0.05, 0) is 91.3 Å². The molecule has 0 aliphatic heterocycles. The van der Waals surface area contributed by atoms with Gasteiger partial charge in [0.05, 0.1) is 11.6 Å². The Balaban J connectivity index is 1.75. The molecule has 0 saturated carbocycles. The minimum absolute atomic E-state index is 0.0235. The number of fused-ring (bicyclic) bond motifs is 3. The highest BCUT2D eigenvalue weighted by Crippen LogP contribution is 2.45. The van der Waals surface area contributed by atoms with E-state index in [-0.39, 0.29) is 12.5 Å². The fourth-order valence-corrected chi connectivity index (χ4v) is 6.40. The van der Waals surface area contributed by atoms with Crippen LogP contribution in [0.25, 0.3) is 10.9 Å². The third-order valence-electron chi connectivity index (χ3n) is 8.40. The van der Waals surface area contributed by atoms with Crippen molar-refractivity contribution < 1.29 is 23.1 Å². The van der Waals surface area contributed by atoms with Crippen molar-refractivity contribution >= 4 is 16.9 Å². The number of hydrogen-bond donors (Lipinski definition) is 1. The van der Waals surface area contributed by atoms with Gasteiger partial charge >= 0.3 is 12.1 Å². The maximum Gasteiger partial charge on any atom is 0.416 e. The van der Waals surface area contributed by atoms with Crippen molar-refractivity contribution in [3.63, 3.8) is 0 Å². The molecule has 0 fully saturated rings. The van der Waals surface area contributed by atoms with Gasteiger partial charge in [0.2, 0.25) is 0 Å². The van der Waals surface area contributed by atoms with Crippen LogP contribution >= 0.6 is 0 Å². The van der Waals surface area contributed by atoms with Crippen LogP contribution in [0.3, 0.4) is 0 Å². The highest BCUT2D eigenvalue weighted by molar-refractivity contribution is 5.87. The molecule has 3 nitrogen and oxygen atoms in total. The lowest BCUT2D eigenvalue weighted by Crippen LogP contribution is -2.19. The van der Waals surface area contributed by atoms with Crippen LogP contribution in [0.1, 0.15) is 131 Å². The van der Waals surface area contributed by atoms with Crippen LogP contribution in [0.2, 0.25) is 0 Å². The Morgan fingerprint density at radius 3 is 2.36 bits per heavy atom. The van der Waals surface area contributed by atoms with Crippen LogP contribution in [0.5, 0.6) is 0 Å². The first-order chi connectivity index (χ1) is 18.6. The first-order valence-corrected chi connectivity index (χ1v) is 14.7. The van der Waals surface area contributed by atoms with Gasteiger partial charge in [0.1, 0.15) is 0 Å². The van der Waals surface area contributed by atoms with Gasteiger partial charge in [-0.15, -0.1) is 0 Å². The molecule has 4 rings (SSSR count). The van der Waals surface area contributed by atoms with Crippen molar-refractivity contribution in [2.75, 3.05) is 0 Å². The standard InChI is InChI=1S/C33H42F3NO2/c1-4-10-29(23-15-18-26(19-16-23)33(34,35)36)37-30-20-17-25(22(2)3)21-28(30)27-13-9-12-24(32(27)37)11-7-5-6-8-14-31(38)39/h15-22,24,29H,4-14H2,1-3H3,(H,38,39)/t24?,29-/m0/s1. The zero-order chi connectivity index (χ0) is 28.2. The molecule has 1 heterocycles. The first-order valence-electron chi connectivity index (χ1n) is 14.7. The van der Waals surface area contributed by atoms with Gasteiger partial charge in [0.25, 0.3) is 0 Å². The van der Waals surface area contributed by atoms with Crippen LogP contribution in [-0.4, -0.2) is 15.6 Å². The fraction of sp³-hybridized carbons (Fsp3) is 0.545. The molecular weight excluding hydrogens is 499 g/mol. The summed E-state index contributed by atoms with van der Waals surface area (Å²) in [5.41, 5.74) is 5.61. The van der Waals surface area contributed by atoms with Crippen molar-refractivity contribution in [2.45, 2.75) is 115 Å². The number of nitrogens with zero attached hydrogens (tertiary/aromatic N) is 1. The van der Waals surface area contributed by atoms with Crippen LogP contribution in [-0.2, 0) is 17.4 Å². The predicted molar refractivity (Wildman–Crippen MR) is 152 cm³/mol. The Morgan fingerprint density at radius 1 is 1.03 bits per heavy atom. The molecule has 0 radical (unpaired) electrons. The molecule has 1 aliphatic carbocycles. The minimum atomic E-state index is -4.35. The number of aryl methyl sites for hydroxylation is 1. The second-order valence-corrected chi connectivity index (χ2v) is 11.5. The number of halogens is 3. The molecule has 212 valence electrons. The zero-order valence-electron chi connectivity index (χ0n) is 23.5. The lowest BCUT2D eigenvalue weighted by molar-refractivity contribution is -0.138. The number of unbranched alkanes of at least 4 members (excludes halogenated alkanes) is 3. The van der Waals surface area contributed by atoms with Gasteiger partial charge in [0.15, 0.2) is 0 Å². The quantitative estimate of drug-likeness (QED) is 0.232. The van der Waals surface area contributed by atoms with Gasteiger partial charge in [-0.1, -0.05) is 64.7 Å². The molecule has 0 bridgehead atoms. The first kappa shape index (κ1) is 29.2. The molecule has 0 amide bonds. The number of carboxylic acids is 1. The largest absolute Gasteiger partial charge is 0.481 e. The lowest BCUT2D eigenvalue weighted by Gasteiger charge is -2.30. The molecule has 39 heavy (non-hydrogen) atoms. The van der Waals surface area contributed by atoms with Gasteiger partial charge in [0, 0.05) is 23.0 Å². The van der Waals surface area contributed by atoms with Crippen LogP contribution in [0.15, 0.2) is 42.5 Å². The summed E-state index contributed by atoms with van der Waals surface area (Å²) in [6.07, 6.45) is 5.73. The molecule has 2 atom stereocenters. The Kier molecular flexibility index (Phi) is 9.45. The normalized spacial score (nSPS) is 16.5. The van der Waals surface area contributed by atoms with Crippen molar-refractivity contribution in [1.82, 2.24) is 4.57 Å². The Morgan fingerprint density at radius 2 is 1.72 bits per heavy atom. The van der Waals surface area contributed by atoms with E-state index in [0.717, 1.165) is 69.8 Å². The number of aromatic nitrogens is 1. The molecule has 3 aromatic rings. The second kappa shape index (κ2) is 12.6. The summed E-state index contributed by atoms with van der Waals surface area (Å²) in [5.74, 6) is 0.0827. The van der Waals surface area contributed by atoms with Gasteiger partial charge in [-0.3, -0.25) is 4.79 Å². The number of hydrogen-bond acceptors (Lipinski definition) is 1. The zero-order valence-corrected chi connectivity index (χ0v) is 23.5. The molecule has 2 aromatic carbocycles. The number of aliphatic carboxylic acids is 1. The molecule has 1 aliphatic rings. The van der Waals surface area contributed by atoms with Crippen molar-refractivity contribution in [3.05, 3.63) is 70.4 Å². The molecular formula is C33H42F3NO2. The summed E-state index contributed by atoms with van der Waals surface area (Å²) >= 11 is 0. The van der Waals surface area contributed by atoms with Crippen molar-refractivity contribution in [3.8, 4) is 0 Å². The molecule has 0 saturated heterocycles. The number of alkyl halides is 3. The SMILES string of the molecule is CCC[C@@H](c1ccc(C(F)(F)F)cc1)n1c2c(c3cc(C(C)C)ccc31)CCCC2CCCCCCC(=O)O. The smallest absolute Gasteiger partial charge is 0.416 e. The minimum Gasteiger partial charge on any atom is -0.481 e. The van der Waals surface area contributed by atoms with Gasteiger partial charge in [-0.2, -0.15) is 13.2 Å². The Labute approximate surface area is 230 Å². The topological polar surface area (TPSA) is 42.2 Å². The molecule has 1 aromatic heterocycles. The summed E-state index contributed by atoms with van der Waals surface area (Å²) < 4.78 is 42.5. The monoisotopic (exact) mass is 541 g/mol. The summed E-state index contributed by atoms with van der Waals surface area (Å²) in [6, 6.07) is 12.6. The van der Waals surface area contributed by atoms with E-state index in [9.17, 15) is 18.0 Å². The summed E-state index contributed by atoms with van der Waals surface area (Å²) in [5, 5.41) is 10.2. The van der Waals surface area contributed by atoms with Crippen molar-refractivity contribution in [2.24, 2.45) is 0 Å². The summed E-state index contributed by atoms with van der Waals surface area (Å²) in [4.78, 5) is 10.8. The number of carboxylic acid groups (broad SMARTS) is 1. The second-order valence-electron chi connectivity index (χ2n) is 11.5. The molecule has 6 heteroatoms. The van der Waals surface area contributed by atoms with Crippen LogP contribution in [0, 0.1) is 0 Å². The Hall–Kier alpha value is -2.76. The predicted octanol–water partition coefficient (Wildman–Crippen LogP) is 10.0. The van der Waals surface area contributed by atoms with Crippen molar-refractivity contribution in [1.29, 1.82) is 0 Å². The van der Waals surface area contributed by atoms with E-state index < -0.39 is 17.7 Å². The highest BCUT2D eigenvalue weighted by Gasteiger charge is 2.33. The molecule has 1 N–H and O–H groups in total. The van der Waals surface area contributed by atoms with E-state index >= 15 is 0 Å². The van der Waals surface area contributed by atoms with E-state index in [1.807, 2.05) is 0 Å². The maximum absolute atomic E-state index is 13.3. The number of carbonyl (C=O) groups is 1. The van der Waals surface area contributed by atoms with E-state index in [0.29, 0.717) is 11.8 Å². The highest BCUT2D eigenvalue weighted by atomic mass is 19.4. The fourth-order valence-electron chi connectivity index (χ4n) is 6.40. The van der Waals surface area contributed by atoms with E-state index in [2.05, 4.69) is 43.5 Å². The Bertz CT molecular complexity index is 1260. The number of rotatable bonds is 12. The lowest BCUT2D eigenvalue weighted by atomic mass is 9.83. The van der Waals surface area contributed by atoms with E-state index in [1.165, 1.54) is 39.9 Å². The molecule has 1 unspecified atom stereocenters. The maximum atomic E-state index is 13.3. The van der Waals surface area contributed by atoms with Gasteiger partial charge in [-0.25, -0.2) is 0 Å². The average molecular weight is 542 g/mol. The van der Waals surface area contributed by atoms with E-state index in [1.54, 1.807) is 12.1 Å². The van der Waals surface area contributed by atoms with E-state index in [4.69, 9.17) is 5.11 Å². The number of benzene rings is 2. The van der Waals surface area contributed by atoms with Crippen LogP contribution in [0.4, 0.5) is 13.2 Å². The summed E-state index contributed by atoms with van der Waals surface area (Å²) in [7, 11) is 0. The third-order valence-corrected chi connectivity index (χ3v) is 8.40. The third kappa shape index (κ3) is 6.70. The molecule has 0 spiro atoms. The summed E-state index contributed by atoms with van der Waals surface area (Å²) in [6.45, 7) is 6.56.